The summed E-state index contributed by atoms with van der Waals surface area (Å²) >= 11 is 0. The Morgan fingerprint density at radius 1 is 0.852 bits per heavy atom. The van der Waals surface area contributed by atoms with Crippen LogP contribution in [0.25, 0.3) is 11.0 Å². The fourth-order valence-corrected chi connectivity index (χ4v) is 18.0. The molecule has 1 aliphatic heterocycles. The van der Waals surface area contributed by atoms with E-state index in [4.69, 9.17) is 33.5 Å². The van der Waals surface area contributed by atoms with E-state index in [-0.39, 0.29) is 142 Å². The van der Waals surface area contributed by atoms with Gasteiger partial charge < -0.3 is 70.7 Å². The highest BCUT2D eigenvalue weighted by atomic mass is 33.1. The molecule has 12 atom stereocenters. The average Bonchev–Trinajstić information content (AvgIpc) is 1.45. The number of aldehydes is 1. The Hall–Kier alpha value is -8.16. The molecule has 1 saturated heterocycles. The number of ether oxygens (including phenoxy) is 1. The van der Waals surface area contributed by atoms with Crippen LogP contribution in [-0.2, 0) is 64.3 Å². The van der Waals surface area contributed by atoms with Crippen LogP contribution in [0.4, 0.5) is 5.82 Å². The number of rotatable bonds is 49. The molecule has 28 nitrogen and oxygen atoms in total. The number of unbranched alkanes of at least 4 members (excludes halogenated alkanes) is 1. The number of aryl methyl sites for hydroxylation is 2. The van der Waals surface area contributed by atoms with Crippen molar-refractivity contribution in [2.75, 3.05) is 57.1 Å². The minimum Gasteiger partial charge on any atom is -0.481 e. The van der Waals surface area contributed by atoms with Crippen LogP contribution in [0, 0.1) is 36.5 Å². The van der Waals surface area contributed by atoms with Crippen LogP contribution in [0.15, 0.2) is 101 Å². The predicted molar refractivity (Wildman–Crippen MR) is 449 cm³/mol. The molecule has 2 aliphatic carbocycles. The second-order valence-electron chi connectivity index (χ2n) is 28.7. The van der Waals surface area contributed by atoms with Crippen molar-refractivity contribution in [1.29, 1.82) is 0 Å². The number of nitrogens with zero attached hydrogens (tertiary/aromatic N) is 5. The number of hydrogen-bond acceptors (Lipinski definition) is 22. The molecule has 8 rings (SSSR count). The number of ketones is 2. The fraction of sp³-hybridized carbons (Fsp3) is 0.500. The molecule has 1 fully saturated rings. The number of nitrogens with two attached hydrogens (primary N) is 1. The number of aromatic nitrogens is 3. The van der Waals surface area contributed by atoms with E-state index in [1.807, 2.05) is 25.1 Å². The van der Waals surface area contributed by atoms with Crippen LogP contribution in [0.5, 0.6) is 0 Å². The zero-order valence-electron chi connectivity index (χ0n) is 65.9. The van der Waals surface area contributed by atoms with Crippen molar-refractivity contribution in [3.8, 4) is 11.8 Å². The maximum atomic E-state index is 14.5. The lowest BCUT2D eigenvalue weighted by molar-refractivity contribution is -0.144. The zero-order valence-corrected chi connectivity index (χ0v) is 70.5. The van der Waals surface area contributed by atoms with Crippen molar-refractivity contribution in [3.05, 3.63) is 147 Å². The van der Waals surface area contributed by atoms with Crippen molar-refractivity contribution in [2.45, 2.75) is 193 Å². The Labute approximate surface area is 684 Å². The highest BCUT2D eigenvalue weighted by molar-refractivity contribution is 8.76. The van der Waals surface area contributed by atoms with Gasteiger partial charge >= 0.3 is 11.9 Å². The van der Waals surface area contributed by atoms with Crippen molar-refractivity contribution in [3.63, 3.8) is 0 Å². The monoisotopic (exact) mass is 1680 g/mol. The summed E-state index contributed by atoms with van der Waals surface area (Å²) in [6.07, 6.45) is 11.5. The summed E-state index contributed by atoms with van der Waals surface area (Å²) in [5, 5.41) is 41.6. The molecule has 10 N–H and O–H groups in total. The number of fused-ring (bicyclic) bond motifs is 3. The molecule has 0 radical (unpaired) electrons. The smallest absolute Gasteiger partial charge is 0.306 e. The number of carboxylic acid groups (broad SMARTS) is 2. The maximum absolute atomic E-state index is 14.5. The molecule has 115 heavy (non-hydrogen) atoms. The Morgan fingerprint density at radius 3 is 2.37 bits per heavy atom. The molecule has 2 aromatic heterocycles. The third-order valence-electron chi connectivity index (χ3n) is 20.6. The number of nitrogen functional groups attached to an aromatic ring is 1. The number of carbonyl (C=O) groups is 10. The lowest BCUT2D eigenvalue weighted by Gasteiger charge is -2.38. The summed E-state index contributed by atoms with van der Waals surface area (Å²) in [6.45, 7) is 11.3. The molecule has 3 aromatic carbocycles. The van der Waals surface area contributed by atoms with Gasteiger partial charge in [-0.25, -0.2) is 9.97 Å². The molecule has 3 heterocycles. The van der Waals surface area contributed by atoms with Crippen LogP contribution in [0.1, 0.15) is 213 Å². The minimum absolute atomic E-state index is 0.0118. The van der Waals surface area contributed by atoms with Gasteiger partial charge in [-0.15, -0.1) is 0 Å². The number of aliphatic hydroxyl groups excluding tert-OH is 1. The van der Waals surface area contributed by atoms with Gasteiger partial charge in [-0.05, 0) is 142 Å². The summed E-state index contributed by atoms with van der Waals surface area (Å²) in [4.78, 5) is 155. The van der Waals surface area contributed by atoms with Crippen LogP contribution in [0.3, 0.4) is 0 Å². The third kappa shape index (κ3) is 27.7. The number of carboxylic acids is 2. The Balaban J connectivity index is 0.820. The van der Waals surface area contributed by atoms with Gasteiger partial charge in [-0.1, -0.05) is 108 Å². The lowest BCUT2D eigenvalue weighted by atomic mass is 9.65. The highest BCUT2D eigenvalue weighted by Gasteiger charge is 2.40. The van der Waals surface area contributed by atoms with E-state index in [1.165, 1.54) is 51.0 Å². The van der Waals surface area contributed by atoms with Crippen molar-refractivity contribution >= 4 is 131 Å². The van der Waals surface area contributed by atoms with Gasteiger partial charge in [0.25, 0.3) is 17.7 Å². The SMILES string of the molecule is CCCc1cc2c(cc1C)C(c1ccccc1C(=O)N(C)CCCC(=O)NCCNC(=O)c1cccc(C(=O)NC(CCCSSCCC(=O)CCC#Cc3cn([C@H]4CC(O)[C@@H](COPOPOPO)O4)c4ncnc(N)c34)C(CC=O)CCCCC(=O)NC(CC(=O)O)C(=O)CC(CC)C(=O)O)c1)C1C=C(C)C(=NCC)C=C1C2. The number of hydrogen-bond donors (Lipinski definition) is 9. The molecule has 0 saturated carbocycles. The Morgan fingerprint density at radius 2 is 1.62 bits per heavy atom. The number of anilines is 1. The summed E-state index contributed by atoms with van der Waals surface area (Å²) < 4.78 is 23.3. The Bertz CT molecular complexity index is 4400. The summed E-state index contributed by atoms with van der Waals surface area (Å²) in [7, 11) is 3.36. The first-order chi connectivity index (χ1) is 55.5. The van der Waals surface area contributed by atoms with Gasteiger partial charge in [-0.3, -0.25) is 56.8 Å². The molecule has 3 aliphatic rings. The van der Waals surface area contributed by atoms with E-state index in [9.17, 15) is 63.3 Å². The summed E-state index contributed by atoms with van der Waals surface area (Å²) in [6, 6.07) is 16.7. The van der Waals surface area contributed by atoms with Gasteiger partial charge in [-0.2, -0.15) is 0 Å². The van der Waals surface area contributed by atoms with Crippen LogP contribution < -0.4 is 27.0 Å². The highest BCUT2D eigenvalue weighted by Crippen LogP contribution is 2.48. The zero-order chi connectivity index (χ0) is 82.9. The molecular weight excluding hydrogens is 1570 g/mol. The molecular formula is C82H107N10O18P3S2. The first kappa shape index (κ1) is 92.4. The number of amides is 5. The number of benzene rings is 3. The summed E-state index contributed by atoms with van der Waals surface area (Å²) in [5.41, 5.74) is 17.7. The number of Topliss-reactive ketones (excluding diaryl/α,β-unsaturated/α-hetero) is 2. The van der Waals surface area contributed by atoms with E-state index in [2.05, 4.69) is 94.2 Å². The lowest BCUT2D eigenvalue weighted by Crippen LogP contribution is -2.43. The quantitative estimate of drug-likeness (QED) is 0.00574. The molecule has 10 unspecified atom stereocenters. The van der Waals surface area contributed by atoms with E-state index in [0.717, 1.165) is 42.4 Å². The summed E-state index contributed by atoms with van der Waals surface area (Å²) in [5.74, 6) is 0.761. The second-order valence-corrected chi connectivity index (χ2v) is 33.9. The van der Waals surface area contributed by atoms with Crippen molar-refractivity contribution in [1.82, 2.24) is 40.7 Å². The van der Waals surface area contributed by atoms with Crippen LogP contribution >= 0.6 is 48.7 Å². The minimum atomic E-state index is -1.43. The van der Waals surface area contributed by atoms with Crippen molar-refractivity contribution in [2.24, 2.45) is 22.7 Å². The van der Waals surface area contributed by atoms with Gasteiger partial charge in [0.05, 0.1) is 47.8 Å². The van der Waals surface area contributed by atoms with E-state index in [1.54, 1.807) is 58.6 Å². The standard InChI is InChI=1S/C82H107N10O18P3S2/c1-7-19-54-40-58-42-59-43-66(84-9-3)51(5)39-64(59)76(63(58)38-50(54)4)61-25-13-14-26-62(61)81(103)91(6)34-17-29-71(97)85-32-33-86-79(101)55-22-16-23-56(41-55)80(102)90-65(53(30-35-93)20-11-15-28-72(98)89-67(45-74(99)100)68(95)44-52(8-2)82(104)105)27-18-36-114-115-37-31-60(94)24-12-10-21-57-47-92(78-75(57)77(83)87-49-88-78)73-46-69(96)70(108-73)48-107-112-110-113-109-111-106/h13-14,16,22-23,25-26,35,38-41,43,47,49,52-53,64-65,67,69-70,73,76,96,106,111-113H,7-9,11-12,15,17-20,24,27-34,36-37,42,44-46,48H2,1-6H3,(H,85,97)(H,86,101)(H,89,98)(H,90,102)(H,99,100)(H,104,105)(H2,83,87,88)/t52?,53?,64?,65?,67?,69?,70-,73-,76?/m1/s1. The number of aliphatic hydroxyl groups is 1. The maximum Gasteiger partial charge on any atom is 0.306 e. The number of carbonyl (C=O) groups excluding carboxylic acids is 8. The normalized spacial score (nSPS) is 17.9. The number of aliphatic carboxylic acids is 2. The molecule has 33 heteroatoms. The molecule has 620 valence electrons. The number of nitrogens with one attached hydrogen (secondary N) is 4. The Kier molecular flexibility index (Phi) is 38.5. The van der Waals surface area contributed by atoms with Gasteiger partial charge in [0.2, 0.25) is 11.8 Å². The molecule has 0 spiro atoms. The largest absolute Gasteiger partial charge is 0.481 e. The molecule has 5 aromatic rings. The number of allylic oxidation sites excluding steroid dienone is 4. The van der Waals surface area contributed by atoms with E-state index >= 15 is 0 Å². The molecule has 0 bridgehead atoms. The van der Waals surface area contributed by atoms with Crippen LogP contribution in [0.2, 0.25) is 0 Å². The van der Waals surface area contributed by atoms with E-state index < -0.39 is 99.7 Å². The van der Waals surface area contributed by atoms with Crippen LogP contribution in [-0.4, -0.2) is 180 Å². The first-order valence-corrected chi connectivity index (χ1v) is 44.0. The predicted octanol–water partition coefficient (Wildman–Crippen LogP) is 11.4. The van der Waals surface area contributed by atoms with Gasteiger partial charge in [0.15, 0.2) is 32.9 Å². The first-order valence-electron chi connectivity index (χ1n) is 39.1. The third-order valence-corrected chi connectivity index (χ3v) is 24.7. The number of aliphatic imine (C=N–C) groups is 1. The topological polar surface area (TPSA) is 409 Å². The van der Waals surface area contributed by atoms with Crippen molar-refractivity contribution < 1.29 is 86.0 Å². The van der Waals surface area contributed by atoms with Gasteiger partial charge in [0, 0.05) is 137 Å². The average molecular weight is 1680 g/mol. The second kappa shape index (κ2) is 47.9. The van der Waals surface area contributed by atoms with Gasteiger partial charge in [0.1, 0.15) is 42.2 Å². The molecule has 5 amide bonds. The fourth-order valence-electron chi connectivity index (χ4n) is 14.6. The van der Waals surface area contributed by atoms with E-state index in [0.29, 0.717) is 78.9 Å².